The Bertz CT molecular complexity index is 629. The van der Waals surface area contributed by atoms with Gasteiger partial charge in [0, 0.05) is 57.7 Å². The molecule has 6 nitrogen and oxygen atoms in total. The number of ether oxygens (including phenoxy) is 1. The molecule has 1 saturated heterocycles. The first kappa shape index (κ1) is 20.2. The van der Waals surface area contributed by atoms with Crippen LogP contribution in [-0.4, -0.2) is 56.6 Å². The van der Waals surface area contributed by atoms with Gasteiger partial charge in [0.05, 0.1) is 5.92 Å². The van der Waals surface area contributed by atoms with E-state index in [1.807, 2.05) is 19.1 Å². The number of nitrogens with zero attached hydrogens (tertiary/aromatic N) is 2. The van der Waals surface area contributed by atoms with Crippen LogP contribution in [0.15, 0.2) is 18.2 Å². The van der Waals surface area contributed by atoms with Gasteiger partial charge in [0.2, 0.25) is 11.8 Å². The Hall–Kier alpha value is -2.08. The fourth-order valence-electron chi connectivity index (χ4n) is 3.37. The van der Waals surface area contributed by atoms with E-state index in [-0.39, 0.29) is 24.2 Å². The molecule has 144 valence electrons. The number of benzene rings is 1. The minimum atomic E-state index is -0.285. The average molecular weight is 361 g/mol. The lowest BCUT2D eigenvalue weighted by atomic mass is 10.1. The van der Waals surface area contributed by atoms with Crippen LogP contribution < -0.4 is 10.2 Å². The van der Waals surface area contributed by atoms with Crippen LogP contribution in [0.4, 0.5) is 11.4 Å². The van der Waals surface area contributed by atoms with Gasteiger partial charge < -0.3 is 19.9 Å². The van der Waals surface area contributed by atoms with Crippen LogP contribution in [0.5, 0.6) is 0 Å². The van der Waals surface area contributed by atoms with Crippen LogP contribution in [0.25, 0.3) is 0 Å². The van der Waals surface area contributed by atoms with Crippen molar-refractivity contribution in [2.45, 2.75) is 33.6 Å². The normalized spacial score (nSPS) is 16.8. The van der Waals surface area contributed by atoms with Crippen molar-refractivity contribution in [3.63, 3.8) is 0 Å². The molecule has 1 atom stereocenters. The molecule has 1 N–H and O–H groups in total. The molecule has 1 aliphatic rings. The van der Waals surface area contributed by atoms with Crippen LogP contribution in [0.2, 0.25) is 0 Å². The van der Waals surface area contributed by atoms with Crippen LogP contribution in [0, 0.1) is 12.8 Å². The van der Waals surface area contributed by atoms with Crippen LogP contribution in [-0.2, 0) is 14.3 Å². The first-order valence-corrected chi connectivity index (χ1v) is 9.43. The molecule has 2 amide bonds. The van der Waals surface area contributed by atoms with Crippen molar-refractivity contribution in [3.8, 4) is 0 Å². The van der Waals surface area contributed by atoms with Gasteiger partial charge in [-0.25, -0.2) is 0 Å². The maximum absolute atomic E-state index is 12.6. The quantitative estimate of drug-likeness (QED) is 0.687. The minimum Gasteiger partial charge on any atom is -0.385 e. The highest BCUT2D eigenvalue weighted by Gasteiger charge is 2.34. The second-order valence-corrected chi connectivity index (χ2v) is 6.75. The number of hydrogen-bond donors (Lipinski definition) is 1. The highest BCUT2D eigenvalue weighted by molar-refractivity contribution is 5.97. The number of carbonyl (C=O) groups excluding carboxylic acids is 2. The molecule has 1 aromatic rings. The van der Waals surface area contributed by atoms with Gasteiger partial charge in [-0.2, -0.15) is 0 Å². The molecule has 0 radical (unpaired) electrons. The zero-order valence-corrected chi connectivity index (χ0v) is 16.4. The van der Waals surface area contributed by atoms with E-state index in [1.54, 1.807) is 12.0 Å². The zero-order valence-electron chi connectivity index (χ0n) is 16.4. The van der Waals surface area contributed by atoms with Gasteiger partial charge in [-0.15, -0.1) is 0 Å². The second kappa shape index (κ2) is 9.57. The van der Waals surface area contributed by atoms with Crippen LogP contribution in [0.3, 0.4) is 0 Å². The first-order valence-electron chi connectivity index (χ1n) is 9.43. The maximum atomic E-state index is 12.6. The highest BCUT2D eigenvalue weighted by Crippen LogP contribution is 2.25. The topological polar surface area (TPSA) is 61.9 Å². The van der Waals surface area contributed by atoms with Crippen molar-refractivity contribution in [1.82, 2.24) is 4.90 Å². The lowest BCUT2D eigenvalue weighted by Crippen LogP contribution is -2.29. The van der Waals surface area contributed by atoms with E-state index in [4.69, 9.17) is 4.74 Å². The first-order chi connectivity index (χ1) is 12.5. The summed E-state index contributed by atoms with van der Waals surface area (Å²) in [6.45, 7) is 9.92. The van der Waals surface area contributed by atoms with Gasteiger partial charge in [-0.05, 0) is 51.0 Å². The summed E-state index contributed by atoms with van der Waals surface area (Å²) in [7, 11) is 1.65. The van der Waals surface area contributed by atoms with E-state index in [1.165, 1.54) is 0 Å². The maximum Gasteiger partial charge on any atom is 0.229 e. The van der Waals surface area contributed by atoms with Gasteiger partial charge in [0.25, 0.3) is 0 Å². The third-order valence-corrected chi connectivity index (χ3v) is 4.96. The summed E-state index contributed by atoms with van der Waals surface area (Å²) in [4.78, 5) is 28.7. The van der Waals surface area contributed by atoms with Crippen molar-refractivity contribution in [2.24, 2.45) is 5.92 Å². The van der Waals surface area contributed by atoms with Crippen molar-refractivity contribution in [2.75, 3.05) is 50.1 Å². The fourth-order valence-corrected chi connectivity index (χ4v) is 3.37. The molecular formula is C20H31N3O3. The second-order valence-electron chi connectivity index (χ2n) is 6.75. The Balaban J connectivity index is 1.96. The molecule has 0 aliphatic carbocycles. The van der Waals surface area contributed by atoms with E-state index in [0.29, 0.717) is 19.7 Å². The summed E-state index contributed by atoms with van der Waals surface area (Å²) >= 11 is 0. The smallest absolute Gasteiger partial charge is 0.229 e. The van der Waals surface area contributed by atoms with Crippen molar-refractivity contribution >= 4 is 23.2 Å². The number of methoxy groups -OCH3 is 1. The van der Waals surface area contributed by atoms with E-state index < -0.39 is 0 Å². The number of nitrogens with one attached hydrogen (secondary N) is 1. The van der Waals surface area contributed by atoms with Crippen molar-refractivity contribution in [3.05, 3.63) is 23.8 Å². The largest absolute Gasteiger partial charge is 0.385 e. The third kappa shape index (κ3) is 4.97. The Kier molecular flexibility index (Phi) is 7.45. The molecule has 1 fully saturated rings. The predicted molar refractivity (Wildman–Crippen MR) is 105 cm³/mol. The standard InChI is InChI=1S/C20H31N3O3/c1-5-22(6-2)17-8-9-18(15(3)12-17)21-20(25)16-13-19(24)23(14-16)10-7-11-26-4/h8-9,12,16H,5-7,10-11,13-14H2,1-4H3,(H,21,25). The molecule has 1 aliphatic heterocycles. The van der Waals surface area contributed by atoms with Gasteiger partial charge in [0.15, 0.2) is 0 Å². The Morgan fingerprint density at radius 1 is 1.35 bits per heavy atom. The van der Waals surface area contributed by atoms with E-state index in [9.17, 15) is 9.59 Å². The lowest BCUT2D eigenvalue weighted by Gasteiger charge is -2.22. The van der Waals surface area contributed by atoms with Crippen molar-refractivity contribution < 1.29 is 14.3 Å². The molecule has 26 heavy (non-hydrogen) atoms. The summed E-state index contributed by atoms with van der Waals surface area (Å²) in [6.07, 6.45) is 1.08. The Morgan fingerprint density at radius 2 is 2.08 bits per heavy atom. The fraction of sp³-hybridized carbons (Fsp3) is 0.600. The average Bonchev–Trinajstić information content (AvgIpc) is 2.99. The van der Waals surface area contributed by atoms with E-state index in [2.05, 4.69) is 30.1 Å². The molecule has 1 heterocycles. The summed E-state index contributed by atoms with van der Waals surface area (Å²) in [5.74, 6) is -0.312. The monoisotopic (exact) mass is 361 g/mol. The number of rotatable bonds is 9. The zero-order chi connectivity index (χ0) is 19.1. The van der Waals surface area contributed by atoms with Gasteiger partial charge >= 0.3 is 0 Å². The molecule has 6 heteroatoms. The number of likely N-dealkylation sites (tertiary alicyclic amines) is 1. The predicted octanol–water partition coefficient (Wildman–Crippen LogP) is 2.66. The molecule has 1 unspecified atom stereocenters. The van der Waals surface area contributed by atoms with Gasteiger partial charge in [-0.3, -0.25) is 9.59 Å². The van der Waals surface area contributed by atoms with Crippen LogP contribution >= 0.6 is 0 Å². The van der Waals surface area contributed by atoms with Crippen molar-refractivity contribution in [1.29, 1.82) is 0 Å². The highest BCUT2D eigenvalue weighted by atomic mass is 16.5. The summed E-state index contributed by atoms with van der Waals surface area (Å²) < 4.78 is 5.03. The number of carbonyl (C=O) groups is 2. The number of hydrogen-bond acceptors (Lipinski definition) is 4. The molecule has 0 aromatic heterocycles. The van der Waals surface area contributed by atoms with E-state index >= 15 is 0 Å². The minimum absolute atomic E-state index is 0.0508. The Morgan fingerprint density at radius 3 is 2.69 bits per heavy atom. The number of anilines is 2. The Labute approximate surface area is 156 Å². The SMILES string of the molecule is CCN(CC)c1ccc(NC(=O)C2CC(=O)N(CCCOC)C2)c(C)c1. The molecule has 2 rings (SSSR count). The molecule has 0 spiro atoms. The molecule has 0 saturated carbocycles. The van der Waals surface area contributed by atoms with Gasteiger partial charge in [0.1, 0.15) is 0 Å². The summed E-state index contributed by atoms with van der Waals surface area (Å²) in [5, 5.41) is 3.00. The molecule has 0 bridgehead atoms. The number of aryl methyl sites for hydroxylation is 1. The van der Waals surface area contributed by atoms with Crippen LogP contribution in [0.1, 0.15) is 32.3 Å². The molecule has 1 aromatic carbocycles. The third-order valence-electron chi connectivity index (χ3n) is 4.96. The summed E-state index contributed by atoms with van der Waals surface area (Å²) in [5.41, 5.74) is 3.01. The molecular weight excluding hydrogens is 330 g/mol. The lowest BCUT2D eigenvalue weighted by molar-refractivity contribution is -0.128. The van der Waals surface area contributed by atoms with E-state index in [0.717, 1.165) is 36.4 Å². The summed E-state index contributed by atoms with van der Waals surface area (Å²) in [6, 6.07) is 6.08. The number of amides is 2. The van der Waals surface area contributed by atoms with Gasteiger partial charge in [-0.1, -0.05) is 0 Å².